The first-order valence-electron chi connectivity index (χ1n) is 10.1. The minimum atomic E-state index is -0.254. The van der Waals surface area contributed by atoms with Crippen molar-refractivity contribution in [2.24, 2.45) is 0 Å². The zero-order chi connectivity index (χ0) is 19.8. The molecule has 1 fully saturated rings. The van der Waals surface area contributed by atoms with Gasteiger partial charge in [0.2, 0.25) is 11.8 Å². The van der Waals surface area contributed by atoms with Gasteiger partial charge in [-0.05, 0) is 55.6 Å². The van der Waals surface area contributed by atoms with Crippen LogP contribution in [0.2, 0.25) is 0 Å². The Kier molecular flexibility index (Phi) is 7.20. The van der Waals surface area contributed by atoms with E-state index in [-0.39, 0.29) is 17.9 Å². The number of benzene rings is 2. The van der Waals surface area contributed by atoms with Gasteiger partial charge in [0.25, 0.3) is 0 Å². The molecule has 2 aromatic carbocycles. The number of nitrogens with one attached hydrogen (secondary N) is 2. The number of hydrogen-bond donors (Lipinski definition) is 2. The molecule has 28 heavy (non-hydrogen) atoms. The SMILES string of the molecule is CCCC(=O)Nc1cccc(CNC(=O)[C@H](c2ccccc2)N2CCCC2)c1. The molecule has 1 heterocycles. The first kappa shape index (κ1) is 20.1. The molecule has 0 saturated carbocycles. The van der Waals surface area contributed by atoms with Gasteiger partial charge in [-0.25, -0.2) is 0 Å². The number of likely N-dealkylation sites (tertiary alicyclic amines) is 1. The van der Waals surface area contributed by atoms with Crippen LogP contribution in [0.4, 0.5) is 5.69 Å². The van der Waals surface area contributed by atoms with Gasteiger partial charge in [0.15, 0.2) is 0 Å². The third-order valence-corrected chi connectivity index (χ3v) is 5.02. The quantitative estimate of drug-likeness (QED) is 0.732. The molecule has 1 aliphatic heterocycles. The summed E-state index contributed by atoms with van der Waals surface area (Å²) in [5.41, 5.74) is 2.77. The third kappa shape index (κ3) is 5.42. The van der Waals surface area contributed by atoms with Crippen molar-refractivity contribution in [3.8, 4) is 0 Å². The predicted molar refractivity (Wildman–Crippen MR) is 112 cm³/mol. The minimum Gasteiger partial charge on any atom is -0.350 e. The normalized spacial score (nSPS) is 15.2. The molecule has 1 atom stereocenters. The molecule has 0 aromatic heterocycles. The molecule has 1 saturated heterocycles. The van der Waals surface area contributed by atoms with Crippen molar-refractivity contribution < 1.29 is 9.59 Å². The summed E-state index contributed by atoms with van der Waals surface area (Å²) in [5, 5.41) is 5.99. The molecule has 148 valence electrons. The van der Waals surface area contributed by atoms with E-state index in [4.69, 9.17) is 0 Å². The lowest BCUT2D eigenvalue weighted by Gasteiger charge is -2.27. The highest BCUT2D eigenvalue weighted by Crippen LogP contribution is 2.25. The van der Waals surface area contributed by atoms with E-state index >= 15 is 0 Å². The van der Waals surface area contributed by atoms with E-state index in [1.165, 1.54) is 0 Å². The van der Waals surface area contributed by atoms with E-state index < -0.39 is 0 Å². The van der Waals surface area contributed by atoms with Crippen LogP contribution in [0.1, 0.15) is 49.8 Å². The number of anilines is 1. The summed E-state index contributed by atoms with van der Waals surface area (Å²) in [6, 6.07) is 17.4. The van der Waals surface area contributed by atoms with Gasteiger partial charge in [-0.2, -0.15) is 0 Å². The van der Waals surface area contributed by atoms with Crippen molar-refractivity contribution in [3.63, 3.8) is 0 Å². The van der Waals surface area contributed by atoms with Crippen molar-refractivity contribution in [1.29, 1.82) is 0 Å². The molecular weight excluding hydrogens is 350 g/mol. The second kappa shape index (κ2) is 10.0. The van der Waals surface area contributed by atoms with Crippen molar-refractivity contribution in [2.45, 2.75) is 45.2 Å². The van der Waals surface area contributed by atoms with Crippen LogP contribution < -0.4 is 10.6 Å². The maximum Gasteiger partial charge on any atom is 0.242 e. The molecule has 2 aromatic rings. The summed E-state index contributed by atoms with van der Waals surface area (Å²) < 4.78 is 0. The van der Waals surface area contributed by atoms with Crippen LogP contribution in [0.25, 0.3) is 0 Å². The van der Waals surface area contributed by atoms with Gasteiger partial charge in [0.1, 0.15) is 6.04 Å². The van der Waals surface area contributed by atoms with Crippen molar-refractivity contribution >= 4 is 17.5 Å². The average molecular weight is 380 g/mol. The first-order chi connectivity index (χ1) is 13.7. The highest BCUT2D eigenvalue weighted by Gasteiger charge is 2.29. The number of carbonyl (C=O) groups is 2. The number of amides is 2. The Balaban J connectivity index is 1.65. The minimum absolute atomic E-state index is 0.0156. The van der Waals surface area contributed by atoms with E-state index in [1.54, 1.807) is 0 Å². The summed E-state index contributed by atoms with van der Waals surface area (Å²) in [5.74, 6) is 0.0374. The van der Waals surface area contributed by atoms with Crippen LogP contribution in [0, 0.1) is 0 Å². The smallest absolute Gasteiger partial charge is 0.242 e. The Morgan fingerprint density at radius 1 is 1.04 bits per heavy atom. The molecule has 0 bridgehead atoms. The standard InChI is InChI=1S/C23H29N3O2/c1-2-9-21(27)25-20-13-8-10-18(16-20)17-24-23(28)22(26-14-6-7-15-26)19-11-4-3-5-12-19/h3-5,8,10-13,16,22H,2,6-7,9,14-15,17H2,1H3,(H,24,28)(H,25,27)/t22-/m0/s1. The number of hydrogen-bond acceptors (Lipinski definition) is 3. The van der Waals surface area contributed by atoms with Crippen LogP contribution in [-0.4, -0.2) is 29.8 Å². The Morgan fingerprint density at radius 3 is 2.50 bits per heavy atom. The fourth-order valence-corrected chi connectivity index (χ4v) is 3.66. The van der Waals surface area contributed by atoms with Gasteiger partial charge in [0.05, 0.1) is 0 Å². The number of rotatable bonds is 8. The Bertz CT molecular complexity index is 785. The Morgan fingerprint density at radius 2 is 1.79 bits per heavy atom. The molecule has 1 aliphatic rings. The molecular formula is C23H29N3O2. The second-order valence-electron chi connectivity index (χ2n) is 7.27. The van der Waals surface area contributed by atoms with E-state index in [0.29, 0.717) is 13.0 Å². The van der Waals surface area contributed by atoms with Crippen LogP contribution in [-0.2, 0) is 16.1 Å². The maximum atomic E-state index is 13.0. The van der Waals surface area contributed by atoms with Crippen molar-refractivity contribution in [1.82, 2.24) is 10.2 Å². The first-order valence-corrected chi connectivity index (χ1v) is 10.1. The van der Waals surface area contributed by atoms with Gasteiger partial charge in [-0.3, -0.25) is 14.5 Å². The molecule has 0 radical (unpaired) electrons. The Labute approximate surface area is 167 Å². The van der Waals surface area contributed by atoms with Gasteiger partial charge in [-0.15, -0.1) is 0 Å². The van der Waals surface area contributed by atoms with Crippen LogP contribution >= 0.6 is 0 Å². The number of carbonyl (C=O) groups excluding carboxylic acids is 2. The highest BCUT2D eigenvalue weighted by molar-refractivity contribution is 5.90. The fourth-order valence-electron chi connectivity index (χ4n) is 3.66. The van der Waals surface area contributed by atoms with Crippen LogP contribution in [0.15, 0.2) is 54.6 Å². The van der Waals surface area contributed by atoms with Crippen LogP contribution in [0.3, 0.4) is 0 Å². The molecule has 5 heteroatoms. The predicted octanol–water partition coefficient (Wildman–Crippen LogP) is 3.88. The molecule has 0 spiro atoms. The van der Waals surface area contributed by atoms with Gasteiger partial charge in [-0.1, -0.05) is 49.4 Å². The zero-order valence-electron chi connectivity index (χ0n) is 16.5. The largest absolute Gasteiger partial charge is 0.350 e. The van der Waals surface area contributed by atoms with Gasteiger partial charge < -0.3 is 10.6 Å². The lowest BCUT2D eigenvalue weighted by atomic mass is 10.0. The summed E-state index contributed by atoms with van der Waals surface area (Å²) in [7, 11) is 0. The lowest BCUT2D eigenvalue weighted by Crippen LogP contribution is -2.39. The molecule has 0 unspecified atom stereocenters. The molecule has 5 nitrogen and oxygen atoms in total. The summed E-state index contributed by atoms with van der Waals surface area (Å²) in [4.78, 5) is 27.1. The fraction of sp³-hybridized carbons (Fsp3) is 0.391. The summed E-state index contributed by atoms with van der Waals surface area (Å²) >= 11 is 0. The number of nitrogens with zero attached hydrogens (tertiary/aromatic N) is 1. The second-order valence-corrected chi connectivity index (χ2v) is 7.27. The zero-order valence-corrected chi connectivity index (χ0v) is 16.5. The molecule has 2 N–H and O–H groups in total. The Hall–Kier alpha value is -2.66. The maximum absolute atomic E-state index is 13.0. The summed E-state index contributed by atoms with van der Waals surface area (Å²) in [6.07, 6.45) is 3.60. The van der Waals surface area contributed by atoms with E-state index in [9.17, 15) is 9.59 Å². The highest BCUT2D eigenvalue weighted by atomic mass is 16.2. The average Bonchev–Trinajstić information content (AvgIpc) is 3.22. The van der Waals surface area contributed by atoms with Crippen molar-refractivity contribution in [3.05, 3.63) is 65.7 Å². The van der Waals surface area contributed by atoms with Crippen molar-refractivity contribution in [2.75, 3.05) is 18.4 Å². The monoisotopic (exact) mass is 379 g/mol. The van der Waals surface area contributed by atoms with Gasteiger partial charge in [0, 0.05) is 18.7 Å². The van der Waals surface area contributed by atoms with Crippen LogP contribution in [0.5, 0.6) is 0 Å². The molecule has 2 amide bonds. The molecule has 0 aliphatic carbocycles. The van der Waals surface area contributed by atoms with E-state index in [0.717, 1.165) is 49.2 Å². The topological polar surface area (TPSA) is 61.4 Å². The lowest BCUT2D eigenvalue weighted by molar-refractivity contribution is -0.126. The molecule has 3 rings (SSSR count). The van der Waals surface area contributed by atoms with E-state index in [1.807, 2.05) is 61.5 Å². The van der Waals surface area contributed by atoms with Gasteiger partial charge >= 0.3 is 0 Å². The third-order valence-electron chi connectivity index (χ3n) is 5.02. The van der Waals surface area contributed by atoms with E-state index in [2.05, 4.69) is 15.5 Å². The summed E-state index contributed by atoms with van der Waals surface area (Å²) in [6.45, 7) is 4.32.